The van der Waals surface area contributed by atoms with Crippen molar-refractivity contribution < 1.29 is 31.1 Å². The van der Waals surface area contributed by atoms with Gasteiger partial charge in [0.25, 0.3) is 0 Å². The van der Waals surface area contributed by atoms with E-state index in [0.717, 1.165) is 5.56 Å². The van der Waals surface area contributed by atoms with Crippen LogP contribution in [0, 0.1) is 0 Å². The molecule has 0 saturated carbocycles. The number of piperazine rings is 1. The number of hydrogen-bond donors (Lipinski definition) is 1. The zero-order valence-corrected chi connectivity index (χ0v) is 18.0. The van der Waals surface area contributed by atoms with Gasteiger partial charge in [-0.3, -0.25) is 9.69 Å². The third-order valence-corrected chi connectivity index (χ3v) is 5.63. The van der Waals surface area contributed by atoms with Crippen LogP contribution in [0.3, 0.4) is 0 Å². The van der Waals surface area contributed by atoms with Gasteiger partial charge in [-0.25, -0.2) is 0 Å². The lowest BCUT2D eigenvalue weighted by Crippen LogP contribution is -2.50. The molecule has 1 N–H and O–H groups in total. The molecule has 0 aliphatic carbocycles. The Hall–Kier alpha value is -2.59. The van der Waals surface area contributed by atoms with Gasteiger partial charge in [0.05, 0.1) is 11.1 Å². The summed E-state index contributed by atoms with van der Waals surface area (Å²) in [5, 5.41) is 3.22. The quantitative estimate of drug-likeness (QED) is 0.633. The van der Waals surface area contributed by atoms with Crippen LogP contribution < -0.4 is 5.32 Å². The van der Waals surface area contributed by atoms with Crippen molar-refractivity contribution in [1.82, 2.24) is 15.1 Å². The highest BCUT2D eigenvalue weighted by molar-refractivity contribution is 5.83. The predicted molar refractivity (Wildman–Crippen MR) is 111 cm³/mol. The van der Waals surface area contributed by atoms with Crippen molar-refractivity contribution in [3.8, 4) is 0 Å². The zero-order chi connectivity index (χ0) is 24.2. The summed E-state index contributed by atoms with van der Waals surface area (Å²) in [6.07, 6.45) is -9.95. The Labute approximate surface area is 188 Å². The normalized spacial score (nSPS) is 16.5. The molecule has 0 radical (unpaired) electrons. The Balaban J connectivity index is 1.79. The first kappa shape index (κ1) is 25.0. The van der Waals surface area contributed by atoms with E-state index in [1.54, 1.807) is 0 Å². The van der Waals surface area contributed by atoms with Crippen molar-refractivity contribution in [3.63, 3.8) is 0 Å². The molecule has 1 fully saturated rings. The van der Waals surface area contributed by atoms with Gasteiger partial charge in [-0.1, -0.05) is 30.3 Å². The van der Waals surface area contributed by atoms with Gasteiger partial charge in [0.1, 0.15) is 6.04 Å². The smallest absolute Gasteiger partial charge is 0.344 e. The van der Waals surface area contributed by atoms with Gasteiger partial charge >= 0.3 is 12.4 Å². The van der Waals surface area contributed by atoms with E-state index in [1.807, 2.05) is 35.2 Å². The number of nitrogens with zero attached hydrogens (tertiary/aromatic N) is 2. The first-order valence-electron chi connectivity index (χ1n) is 10.5. The van der Waals surface area contributed by atoms with Crippen LogP contribution in [0.15, 0.2) is 48.5 Å². The number of alkyl halides is 6. The lowest BCUT2D eigenvalue weighted by atomic mass is 10.0. The molecule has 1 amide bonds. The highest BCUT2D eigenvalue weighted by atomic mass is 19.4. The van der Waals surface area contributed by atoms with Crippen LogP contribution in [0.2, 0.25) is 0 Å². The summed E-state index contributed by atoms with van der Waals surface area (Å²) in [6.45, 7) is 2.69. The Kier molecular flexibility index (Phi) is 7.69. The van der Waals surface area contributed by atoms with Gasteiger partial charge in [-0.2, -0.15) is 26.3 Å². The van der Waals surface area contributed by atoms with E-state index in [1.165, 1.54) is 11.9 Å². The zero-order valence-electron chi connectivity index (χ0n) is 18.0. The number of carbonyl (C=O) groups is 1. The molecule has 1 heterocycles. The molecule has 1 unspecified atom stereocenters. The number of amides is 1. The summed E-state index contributed by atoms with van der Waals surface area (Å²) in [7, 11) is 1.51. The van der Waals surface area contributed by atoms with Gasteiger partial charge in [-0.05, 0) is 35.7 Å². The van der Waals surface area contributed by atoms with Crippen molar-refractivity contribution in [2.24, 2.45) is 0 Å². The Bertz CT molecular complexity index is 907. The van der Waals surface area contributed by atoms with Gasteiger partial charge in [-0.15, -0.1) is 0 Å². The van der Waals surface area contributed by atoms with Crippen molar-refractivity contribution >= 4 is 5.91 Å². The number of hydrogen-bond acceptors (Lipinski definition) is 3. The molecule has 1 atom stereocenters. The van der Waals surface area contributed by atoms with Crippen LogP contribution in [-0.4, -0.2) is 55.5 Å². The molecule has 3 rings (SSSR count). The predicted octanol–water partition coefficient (Wildman–Crippen LogP) is 4.37. The Morgan fingerprint density at radius 1 is 0.970 bits per heavy atom. The van der Waals surface area contributed by atoms with Gasteiger partial charge in [0.15, 0.2) is 0 Å². The molecular formula is C23H25F6N3O. The standard InChI is InChI=1S/C23H25F6N3O/c1-31(10-7-16-13-18(22(24,25)26)15-19(14-16)23(27,28)29)21(33)20(17-5-3-2-4-6-17)32-11-8-30-9-12-32/h2-6,13-15,20,30H,7-12H2,1H3. The van der Waals surface area contributed by atoms with E-state index in [4.69, 9.17) is 0 Å². The number of benzene rings is 2. The molecule has 1 aliphatic rings. The molecular weight excluding hydrogens is 448 g/mol. The summed E-state index contributed by atoms with van der Waals surface area (Å²) < 4.78 is 78.7. The van der Waals surface area contributed by atoms with Crippen LogP contribution in [0.1, 0.15) is 28.3 Å². The SMILES string of the molecule is CN(CCc1cc(C(F)(F)F)cc(C(F)(F)F)c1)C(=O)C(c1ccccc1)N1CCNCC1. The molecule has 33 heavy (non-hydrogen) atoms. The van der Waals surface area contributed by atoms with E-state index < -0.39 is 29.5 Å². The molecule has 0 spiro atoms. The van der Waals surface area contributed by atoms with E-state index >= 15 is 0 Å². The number of rotatable bonds is 6. The third kappa shape index (κ3) is 6.48. The van der Waals surface area contributed by atoms with E-state index in [9.17, 15) is 31.1 Å². The molecule has 0 aromatic heterocycles. The minimum absolute atomic E-state index is 0.0210. The molecule has 1 aliphatic heterocycles. The molecule has 4 nitrogen and oxygen atoms in total. The van der Waals surface area contributed by atoms with Crippen LogP contribution in [0.25, 0.3) is 0 Å². The highest BCUT2D eigenvalue weighted by Crippen LogP contribution is 2.36. The first-order valence-corrected chi connectivity index (χ1v) is 10.5. The van der Waals surface area contributed by atoms with Gasteiger partial charge in [0.2, 0.25) is 5.91 Å². The number of nitrogens with one attached hydrogen (secondary N) is 1. The van der Waals surface area contributed by atoms with Crippen molar-refractivity contribution in [2.75, 3.05) is 39.8 Å². The second kappa shape index (κ2) is 10.1. The maximum absolute atomic E-state index is 13.3. The number of halogens is 6. The fourth-order valence-electron chi connectivity index (χ4n) is 3.86. The second-order valence-corrected chi connectivity index (χ2v) is 8.02. The second-order valence-electron chi connectivity index (χ2n) is 8.02. The largest absolute Gasteiger partial charge is 0.416 e. The van der Waals surface area contributed by atoms with Gasteiger partial charge < -0.3 is 10.2 Å². The fraction of sp³-hybridized carbons (Fsp3) is 0.435. The summed E-state index contributed by atoms with van der Waals surface area (Å²) >= 11 is 0. The number of likely N-dealkylation sites (N-methyl/N-ethyl adjacent to an activating group) is 1. The molecule has 2 aromatic carbocycles. The molecule has 1 saturated heterocycles. The minimum Gasteiger partial charge on any atom is -0.344 e. The van der Waals surface area contributed by atoms with Crippen LogP contribution in [0.5, 0.6) is 0 Å². The highest BCUT2D eigenvalue weighted by Gasteiger charge is 2.37. The van der Waals surface area contributed by atoms with E-state index in [0.29, 0.717) is 38.3 Å². The topological polar surface area (TPSA) is 35.6 Å². The first-order chi connectivity index (χ1) is 15.5. The van der Waals surface area contributed by atoms with Crippen LogP contribution in [-0.2, 0) is 23.6 Å². The van der Waals surface area contributed by atoms with Crippen molar-refractivity contribution in [2.45, 2.75) is 24.8 Å². The molecule has 0 bridgehead atoms. The average molecular weight is 473 g/mol. The Morgan fingerprint density at radius 3 is 2.03 bits per heavy atom. The maximum atomic E-state index is 13.3. The van der Waals surface area contributed by atoms with E-state index in [2.05, 4.69) is 5.32 Å². The monoisotopic (exact) mass is 473 g/mol. The van der Waals surface area contributed by atoms with Crippen molar-refractivity contribution in [1.29, 1.82) is 0 Å². The van der Waals surface area contributed by atoms with Crippen molar-refractivity contribution in [3.05, 3.63) is 70.8 Å². The van der Waals surface area contributed by atoms with Gasteiger partial charge in [0, 0.05) is 39.8 Å². The maximum Gasteiger partial charge on any atom is 0.416 e. The Morgan fingerprint density at radius 2 is 1.52 bits per heavy atom. The average Bonchev–Trinajstić information content (AvgIpc) is 2.77. The summed E-state index contributed by atoms with van der Waals surface area (Å²) in [4.78, 5) is 16.7. The summed E-state index contributed by atoms with van der Waals surface area (Å²) in [6, 6.07) is 10.1. The van der Waals surface area contributed by atoms with E-state index in [-0.39, 0.29) is 30.5 Å². The molecule has 180 valence electrons. The lowest BCUT2D eigenvalue weighted by Gasteiger charge is -2.36. The molecule has 2 aromatic rings. The molecule has 10 heteroatoms. The lowest BCUT2D eigenvalue weighted by molar-refractivity contribution is -0.143. The third-order valence-electron chi connectivity index (χ3n) is 5.63. The van der Waals surface area contributed by atoms with Crippen LogP contribution >= 0.6 is 0 Å². The number of carbonyl (C=O) groups excluding carboxylic acids is 1. The minimum atomic E-state index is -4.90. The summed E-state index contributed by atoms with van der Waals surface area (Å²) in [5.74, 6) is -0.258. The van der Waals surface area contributed by atoms with Crippen LogP contribution in [0.4, 0.5) is 26.3 Å². The summed E-state index contributed by atoms with van der Waals surface area (Å²) in [5.41, 5.74) is -2.06. The fourth-order valence-corrected chi connectivity index (χ4v) is 3.86.